The van der Waals surface area contributed by atoms with Gasteiger partial charge in [0.1, 0.15) is 0 Å². The van der Waals surface area contributed by atoms with E-state index >= 15 is 0 Å². The van der Waals surface area contributed by atoms with Crippen LogP contribution in [0.5, 0.6) is 0 Å². The first-order valence-corrected chi connectivity index (χ1v) is 8.66. The quantitative estimate of drug-likeness (QED) is 0.410. The molecule has 1 aliphatic heterocycles. The summed E-state index contributed by atoms with van der Waals surface area (Å²) < 4.78 is 0. The van der Waals surface area contributed by atoms with Crippen LogP contribution in [-0.4, -0.2) is 61.3 Å². The summed E-state index contributed by atoms with van der Waals surface area (Å²) in [6.45, 7) is 4.28. The van der Waals surface area contributed by atoms with E-state index in [9.17, 15) is 5.11 Å². The normalized spacial score (nSPS) is 20.2. The van der Waals surface area contributed by atoms with Crippen LogP contribution in [0.15, 0.2) is 29.3 Å². The van der Waals surface area contributed by atoms with E-state index in [1.54, 1.807) is 7.05 Å². The van der Waals surface area contributed by atoms with Crippen molar-refractivity contribution in [1.82, 2.24) is 10.2 Å². The lowest BCUT2D eigenvalue weighted by Gasteiger charge is -2.40. The molecule has 1 heterocycles. The Hall–Kier alpha value is -0.730. The van der Waals surface area contributed by atoms with Crippen LogP contribution in [0, 0.1) is 0 Å². The van der Waals surface area contributed by atoms with Crippen molar-refractivity contribution in [1.29, 1.82) is 0 Å². The number of halogens is 2. The molecule has 0 bridgehead atoms. The van der Waals surface area contributed by atoms with E-state index in [-0.39, 0.29) is 24.0 Å². The molecule has 0 spiro atoms. The van der Waals surface area contributed by atoms with Crippen LogP contribution in [0.2, 0.25) is 5.02 Å². The van der Waals surface area contributed by atoms with Gasteiger partial charge >= 0.3 is 0 Å². The van der Waals surface area contributed by atoms with Gasteiger partial charge in [0.05, 0.1) is 5.60 Å². The third kappa shape index (κ3) is 4.67. The fourth-order valence-corrected chi connectivity index (χ4v) is 3.37. The number of hydrogen-bond donors (Lipinski definition) is 2. The zero-order valence-corrected chi connectivity index (χ0v) is 17.1. The van der Waals surface area contributed by atoms with Crippen molar-refractivity contribution in [3.8, 4) is 0 Å². The minimum absolute atomic E-state index is 0. The number of hydrogen-bond acceptors (Lipinski definition) is 3. The van der Waals surface area contributed by atoms with Crippen molar-refractivity contribution >= 4 is 47.2 Å². The molecule has 2 aliphatic rings. The van der Waals surface area contributed by atoms with Crippen molar-refractivity contribution in [3.63, 3.8) is 0 Å². The molecule has 1 aromatic rings. The predicted octanol–water partition coefficient (Wildman–Crippen LogP) is 2.57. The largest absolute Gasteiger partial charge is 0.388 e. The van der Waals surface area contributed by atoms with Crippen LogP contribution in [-0.2, 0) is 0 Å². The fraction of sp³-hybridized carbons (Fsp3) is 0.588. The van der Waals surface area contributed by atoms with Gasteiger partial charge in [0.2, 0.25) is 0 Å². The van der Waals surface area contributed by atoms with Crippen molar-refractivity contribution in [2.45, 2.75) is 24.9 Å². The first-order chi connectivity index (χ1) is 11.1. The van der Waals surface area contributed by atoms with E-state index in [1.165, 1.54) is 5.69 Å². The number of nitrogens with one attached hydrogen (secondary N) is 1. The fourth-order valence-electron chi connectivity index (χ4n) is 3.19. The van der Waals surface area contributed by atoms with Crippen LogP contribution >= 0.6 is 35.6 Å². The standard InChI is InChI=1S/C17H25ClN4O.HI/c1-19-16(20-13-17(23)6-3-7-17)22-10-8-21(9-11-22)15-5-2-4-14(18)12-15;/h2,4-5,12,23H,3,6-11,13H2,1H3,(H,19,20);1H. The predicted molar refractivity (Wildman–Crippen MR) is 111 cm³/mol. The Bertz CT molecular complexity index is 571. The Balaban J connectivity index is 0.00000208. The van der Waals surface area contributed by atoms with Gasteiger partial charge in [-0.1, -0.05) is 17.7 Å². The number of piperazine rings is 1. The van der Waals surface area contributed by atoms with Gasteiger partial charge < -0.3 is 20.2 Å². The highest BCUT2D eigenvalue weighted by Gasteiger charge is 2.34. The zero-order chi connectivity index (χ0) is 16.3. The summed E-state index contributed by atoms with van der Waals surface area (Å²) >= 11 is 6.08. The number of anilines is 1. The Morgan fingerprint density at radius 2 is 2.00 bits per heavy atom. The van der Waals surface area contributed by atoms with Gasteiger partial charge in [0, 0.05) is 50.5 Å². The molecule has 0 atom stereocenters. The second kappa shape index (κ2) is 8.58. The monoisotopic (exact) mass is 464 g/mol. The third-order valence-corrected chi connectivity index (χ3v) is 5.06. The Labute approximate surface area is 166 Å². The summed E-state index contributed by atoms with van der Waals surface area (Å²) in [6, 6.07) is 8.00. The van der Waals surface area contributed by atoms with Crippen LogP contribution in [0.3, 0.4) is 0 Å². The highest BCUT2D eigenvalue weighted by atomic mass is 127. The van der Waals surface area contributed by atoms with E-state index in [1.807, 2.05) is 18.2 Å². The summed E-state index contributed by atoms with van der Waals surface area (Å²) in [7, 11) is 1.80. The minimum atomic E-state index is -0.529. The van der Waals surface area contributed by atoms with Crippen molar-refractivity contribution in [3.05, 3.63) is 29.3 Å². The maximum Gasteiger partial charge on any atom is 0.193 e. The lowest BCUT2D eigenvalue weighted by molar-refractivity contribution is -0.0283. The minimum Gasteiger partial charge on any atom is -0.388 e. The Morgan fingerprint density at radius 1 is 1.29 bits per heavy atom. The highest BCUT2D eigenvalue weighted by molar-refractivity contribution is 14.0. The molecule has 2 fully saturated rings. The van der Waals surface area contributed by atoms with Gasteiger partial charge in [0.15, 0.2) is 5.96 Å². The van der Waals surface area contributed by atoms with Crippen LogP contribution in [0.25, 0.3) is 0 Å². The summed E-state index contributed by atoms with van der Waals surface area (Å²) in [5.41, 5.74) is 0.641. The zero-order valence-electron chi connectivity index (χ0n) is 14.0. The van der Waals surface area contributed by atoms with Crippen molar-refractivity contribution in [2.24, 2.45) is 4.99 Å². The number of nitrogens with zero attached hydrogens (tertiary/aromatic N) is 3. The molecule has 7 heteroatoms. The molecule has 0 radical (unpaired) electrons. The Morgan fingerprint density at radius 3 is 2.54 bits per heavy atom. The van der Waals surface area contributed by atoms with E-state index in [2.05, 4.69) is 26.2 Å². The Kier molecular flexibility index (Phi) is 7.00. The molecule has 1 saturated carbocycles. The maximum absolute atomic E-state index is 10.2. The number of aliphatic imine (C=N–C) groups is 1. The van der Waals surface area contributed by atoms with Crippen LogP contribution < -0.4 is 10.2 Å². The molecular formula is C17H26ClIN4O. The van der Waals surface area contributed by atoms with Gasteiger partial charge in [-0.05, 0) is 37.5 Å². The molecule has 3 rings (SSSR count). The molecule has 1 saturated heterocycles. The highest BCUT2D eigenvalue weighted by Crippen LogP contribution is 2.30. The van der Waals surface area contributed by atoms with Crippen molar-refractivity contribution < 1.29 is 5.11 Å². The summed E-state index contributed by atoms with van der Waals surface area (Å²) in [5.74, 6) is 0.885. The first-order valence-electron chi connectivity index (χ1n) is 8.28. The van der Waals surface area contributed by atoms with Crippen LogP contribution in [0.4, 0.5) is 5.69 Å². The summed E-state index contributed by atoms with van der Waals surface area (Å²) in [4.78, 5) is 8.96. The SMILES string of the molecule is CN=C(NCC1(O)CCC1)N1CCN(c2cccc(Cl)c2)CC1.I. The molecule has 1 aromatic carbocycles. The van der Waals surface area contributed by atoms with Gasteiger partial charge in [-0.25, -0.2) is 0 Å². The van der Waals surface area contributed by atoms with E-state index < -0.39 is 5.60 Å². The van der Waals surface area contributed by atoms with E-state index in [4.69, 9.17) is 11.6 Å². The van der Waals surface area contributed by atoms with E-state index in [0.717, 1.165) is 56.4 Å². The van der Waals surface area contributed by atoms with Gasteiger partial charge in [-0.15, -0.1) is 24.0 Å². The summed E-state index contributed by atoms with van der Waals surface area (Å²) in [6.07, 6.45) is 2.90. The van der Waals surface area contributed by atoms with Gasteiger partial charge in [-0.2, -0.15) is 0 Å². The lowest BCUT2D eigenvalue weighted by Crippen LogP contribution is -2.56. The second-order valence-corrected chi connectivity index (χ2v) is 6.87. The molecule has 24 heavy (non-hydrogen) atoms. The molecule has 2 N–H and O–H groups in total. The molecule has 0 amide bonds. The smallest absolute Gasteiger partial charge is 0.193 e. The average molecular weight is 465 g/mol. The topological polar surface area (TPSA) is 51.1 Å². The molecular weight excluding hydrogens is 439 g/mol. The lowest BCUT2D eigenvalue weighted by atomic mass is 9.80. The van der Waals surface area contributed by atoms with Gasteiger partial charge in [-0.3, -0.25) is 4.99 Å². The molecule has 1 aliphatic carbocycles. The number of guanidine groups is 1. The molecule has 0 unspecified atom stereocenters. The average Bonchev–Trinajstić information content (AvgIpc) is 2.54. The maximum atomic E-state index is 10.2. The van der Waals surface area contributed by atoms with Crippen molar-refractivity contribution in [2.75, 3.05) is 44.7 Å². The number of benzene rings is 1. The summed E-state index contributed by atoms with van der Waals surface area (Å²) in [5, 5.41) is 14.3. The van der Waals surface area contributed by atoms with E-state index in [0.29, 0.717) is 6.54 Å². The third-order valence-electron chi connectivity index (χ3n) is 4.82. The molecule has 134 valence electrons. The molecule has 0 aromatic heterocycles. The number of rotatable bonds is 3. The molecule has 5 nitrogen and oxygen atoms in total. The second-order valence-electron chi connectivity index (χ2n) is 6.43. The first kappa shape index (κ1) is 19.6. The van der Waals surface area contributed by atoms with Crippen LogP contribution in [0.1, 0.15) is 19.3 Å². The number of aliphatic hydroxyl groups is 1. The van der Waals surface area contributed by atoms with Gasteiger partial charge in [0.25, 0.3) is 0 Å².